The highest BCUT2D eigenvalue weighted by Crippen LogP contribution is 2.24. The number of aromatic nitrogens is 1. The maximum Gasteiger partial charge on any atom is 0.317 e. The van der Waals surface area contributed by atoms with Crippen molar-refractivity contribution in [3.8, 4) is 0 Å². The van der Waals surface area contributed by atoms with Crippen molar-refractivity contribution in [1.29, 1.82) is 0 Å². The van der Waals surface area contributed by atoms with E-state index in [4.69, 9.17) is 0 Å². The molecule has 0 saturated carbocycles. The number of likely N-dealkylation sites (N-methyl/N-ethyl adjacent to an activating group) is 1. The van der Waals surface area contributed by atoms with Crippen LogP contribution in [0.15, 0.2) is 29.8 Å². The summed E-state index contributed by atoms with van der Waals surface area (Å²) in [6.45, 7) is 7.67. The molecule has 1 N–H and O–H groups in total. The van der Waals surface area contributed by atoms with Crippen molar-refractivity contribution in [2.24, 2.45) is 5.92 Å². The highest BCUT2D eigenvalue weighted by Gasteiger charge is 2.23. The van der Waals surface area contributed by atoms with Crippen LogP contribution in [0, 0.1) is 19.8 Å². The predicted octanol–water partition coefficient (Wildman–Crippen LogP) is 3.47. The van der Waals surface area contributed by atoms with Crippen LogP contribution in [0.5, 0.6) is 0 Å². The van der Waals surface area contributed by atoms with Crippen molar-refractivity contribution in [2.45, 2.75) is 26.7 Å². The van der Waals surface area contributed by atoms with Crippen molar-refractivity contribution >= 4 is 23.1 Å². The fourth-order valence-corrected chi connectivity index (χ4v) is 4.13. The van der Waals surface area contributed by atoms with Crippen LogP contribution < -0.4 is 10.2 Å². The van der Waals surface area contributed by atoms with Crippen LogP contribution in [0.1, 0.15) is 22.6 Å². The lowest BCUT2D eigenvalue weighted by molar-refractivity contribution is 0.208. The number of nitrogens with one attached hydrogen (secondary N) is 1. The zero-order valence-corrected chi connectivity index (χ0v) is 16.7. The van der Waals surface area contributed by atoms with E-state index in [0.717, 1.165) is 44.7 Å². The van der Waals surface area contributed by atoms with Crippen molar-refractivity contribution in [2.75, 3.05) is 38.1 Å². The molecular formula is C20H28N4OS. The number of urea groups is 1. The fourth-order valence-electron chi connectivity index (χ4n) is 3.36. The molecule has 1 aliphatic rings. The molecule has 1 aromatic carbocycles. The average Bonchev–Trinajstić information content (AvgIpc) is 3.26. The molecule has 1 aromatic heterocycles. The number of nitrogens with zero attached hydrogens (tertiary/aromatic N) is 3. The zero-order valence-electron chi connectivity index (χ0n) is 15.9. The van der Waals surface area contributed by atoms with Crippen molar-refractivity contribution in [3.63, 3.8) is 0 Å². The van der Waals surface area contributed by atoms with Crippen molar-refractivity contribution in [3.05, 3.63) is 45.9 Å². The third kappa shape index (κ3) is 4.75. The number of amides is 2. The van der Waals surface area contributed by atoms with Gasteiger partial charge in [-0.25, -0.2) is 9.78 Å². The van der Waals surface area contributed by atoms with Gasteiger partial charge in [0.15, 0.2) is 0 Å². The number of hydrogen-bond acceptors (Lipinski definition) is 4. The molecule has 2 amide bonds. The van der Waals surface area contributed by atoms with Crippen LogP contribution in [0.25, 0.3) is 0 Å². The first-order valence-electron chi connectivity index (χ1n) is 9.22. The molecule has 0 radical (unpaired) electrons. The number of aryl methyl sites for hydroxylation is 2. The molecule has 1 fully saturated rings. The molecular weight excluding hydrogens is 344 g/mol. The fraction of sp³-hybridized carbons (Fsp3) is 0.500. The van der Waals surface area contributed by atoms with Gasteiger partial charge < -0.3 is 15.1 Å². The molecule has 3 rings (SSSR count). The Labute approximate surface area is 160 Å². The number of rotatable bonds is 6. The predicted molar refractivity (Wildman–Crippen MR) is 108 cm³/mol. The van der Waals surface area contributed by atoms with Gasteiger partial charge in [-0.05, 0) is 43.9 Å². The van der Waals surface area contributed by atoms with Gasteiger partial charge >= 0.3 is 6.03 Å². The molecule has 5 nitrogen and oxygen atoms in total. The second kappa shape index (κ2) is 8.54. The van der Waals surface area contributed by atoms with Gasteiger partial charge in [0.25, 0.3) is 0 Å². The lowest BCUT2D eigenvalue weighted by Crippen LogP contribution is -2.40. The van der Waals surface area contributed by atoms with Crippen LogP contribution in [0.3, 0.4) is 0 Å². The van der Waals surface area contributed by atoms with Crippen LogP contribution in [0.4, 0.5) is 10.5 Å². The summed E-state index contributed by atoms with van der Waals surface area (Å²) in [5.74, 6) is 0.511. The molecule has 1 saturated heterocycles. The summed E-state index contributed by atoms with van der Waals surface area (Å²) >= 11 is 1.66. The Hall–Kier alpha value is -2.08. The largest absolute Gasteiger partial charge is 0.371 e. The van der Waals surface area contributed by atoms with Gasteiger partial charge in [-0.3, -0.25) is 0 Å². The minimum atomic E-state index is 0.0150. The summed E-state index contributed by atoms with van der Waals surface area (Å²) < 4.78 is 0. The van der Waals surface area contributed by atoms with Crippen LogP contribution >= 0.6 is 11.3 Å². The lowest BCUT2D eigenvalue weighted by atomic mass is 10.1. The molecule has 1 aliphatic heterocycles. The van der Waals surface area contributed by atoms with Gasteiger partial charge in [-0.2, -0.15) is 0 Å². The van der Waals surface area contributed by atoms with Crippen LogP contribution in [-0.2, 0) is 6.42 Å². The summed E-state index contributed by atoms with van der Waals surface area (Å²) in [4.78, 5) is 22.0. The minimum Gasteiger partial charge on any atom is -0.371 e. The number of hydrogen-bond donors (Lipinski definition) is 1. The highest BCUT2D eigenvalue weighted by atomic mass is 32.1. The Morgan fingerprint density at radius 1 is 1.42 bits per heavy atom. The second-order valence-electron chi connectivity index (χ2n) is 7.16. The van der Waals surface area contributed by atoms with Gasteiger partial charge in [0.2, 0.25) is 0 Å². The number of thiazole rings is 1. The molecule has 6 heteroatoms. The van der Waals surface area contributed by atoms with Gasteiger partial charge in [0.1, 0.15) is 0 Å². The maximum absolute atomic E-state index is 12.3. The van der Waals surface area contributed by atoms with E-state index >= 15 is 0 Å². The average molecular weight is 373 g/mol. The molecule has 2 heterocycles. The SMILES string of the molecule is Cc1cccc(N2CCC(CNC(=O)N(C)CCc3scnc3C)C2)c1. The Bertz CT molecular complexity index is 745. The van der Waals surface area contributed by atoms with E-state index in [9.17, 15) is 4.79 Å². The Balaban J connectivity index is 1.41. The minimum absolute atomic E-state index is 0.0150. The Kier molecular flexibility index (Phi) is 6.14. The summed E-state index contributed by atoms with van der Waals surface area (Å²) in [5, 5.41) is 3.10. The third-order valence-corrected chi connectivity index (χ3v) is 6.06. The number of carbonyl (C=O) groups is 1. The number of benzene rings is 1. The molecule has 0 aliphatic carbocycles. The summed E-state index contributed by atoms with van der Waals surface area (Å²) in [6, 6.07) is 8.65. The quantitative estimate of drug-likeness (QED) is 0.845. The summed E-state index contributed by atoms with van der Waals surface area (Å²) in [5.41, 5.74) is 5.52. The standard InChI is InChI=1S/C20H28N4OS/c1-15-5-4-6-18(11-15)24-10-7-17(13-24)12-21-20(25)23(3)9-8-19-16(2)22-14-26-19/h4-6,11,14,17H,7-10,12-13H2,1-3H3,(H,21,25). The number of carbonyl (C=O) groups excluding carboxylic acids is 1. The van der Waals surface area contributed by atoms with E-state index in [1.165, 1.54) is 16.1 Å². The highest BCUT2D eigenvalue weighted by molar-refractivity contribution is 7.09. The third-order valence-electron chi connectivity index (χ3n) is 5.06. The normalized spacial score (nSPS) is 16.7. The summed E-state index contributed by atoms with van der Waals surface area (Å²) in [7, 11) is 1.86. The van der Waals surface area contributed by atoms with E-state index in [-0.39, 0.29) is 6.03 Å². The molecule has 26 heavy (non-hydrogen) atoms. The first-order valence-corrected chi connectivity index (χ1v) is 10.1. The van der Waals surface area contributed by atoms with E-state index in [0.29, 0.717) is 5.92 Å². The van der Waals surface area contributed by atoms with Gasteiger partial charge in [-0.1, -0.05) is 12.1 Å². The molecule has 140 valence electrons. The van der Waals surface area contributed by atoms with Crippen LogP contribution in [-0.4, -0.2) is 49.1 Å². The van der Waals surface area contributed by atoms with E-state index in [1.54, 1.807) is 16.2 Å². The van der Waals surface area contributed by atoms with E-state index in [1.807, 2.05) is 19.5 Å². The maximum atomic E-state index is 12.3. The smallest absolute Gasteiger partial charge is 0.317 e. The van der Waals surface area contributed by atoms with E-state index < -0.39 is 0 Å². The monoisotopic (exact) mass is 372 g/mol. The Morgan fingerprint density at radius 3 is 3.00 bits per heavy atom. The molecule has 1 unspecified atom stereocenters. The molecule has 0 spiro atoms. The first-order chi connectivity index (χ1) is 12.5. The molecule has 0 bridgehead atoms. The van der Waals surface area contributed by atoms with Gasteiger partial charge in [0, 0.05) is 50.2 Å². The topological polar surface area (TPSA) is 48.5 Å². The first kappa shape index (κ1) is 18.7. The summed E-state index contributed by atoms with van der Waals surface area (Å²) in [6.07, 6.45) is 1.99. The van der Waals surface area contributed by atoms with Crippen LogP contribution in [0.2, 0.25) is 0 Å². The van der Waals surface area contributed by atoms with Crippen molar-refractivity contribution < 1.29 is 4.79 Å². The van der Waals surface area contributed by atoms with Gasteiger partial charge in [0.05, 0.1) is 11.2 Å². The molecule has 1 atom stereocenters. The van der Waals surface area contributed by atoms with E-state index in [2.05, 4.69) is 46.4 Å². The van der Waals surface area contributed by atoms with Gasteiger partial charge in [-0.15, -0.1) is 11.3 Å². The lowest BCUT2D eigenvalue weighted by Gasteiger charge is -2.21. The van der Waals surface area contributed by atoms with Crippen molar-refractivity contribution in [1.82, 2.24) is 15.2 Å². The number of anilines is 1. The Morgan fingerprint density at radius 2 is 2.27 bits per heavy atom. The molecule has 2 aromatic rings. The second-order valence-corrected chi connectivity index (χ2v) is 8.10. The zero-order chi connectivity index (χ0) is 18.5.